The Labute approximate surface area is 148 Å². The van der Waals surface area contributed by atoms with E-state index in [-0.39, 0.29) is 17.4 Å². The van der Waals surface area contributed by atoms with E-state index >= 15 is 0 Å². The van der Waals surface area contributed by atoms with Crippen LogP contribution in [0.1, 0.15) is 17.0 Å². The Morgan fingerprint density at radius 3 is 2.56 bits per heavy atom. The van der Waals surface area contributed by atoms with Crippen molar-refractivity contribution in [1.29, 1.82) is 0 Å². The maximum absolute atomic E-state index is 11.6. The minimum absolute atomic E-state index is 0.0475. The minimum atomic E-state index is -0.579. The molecule has 8 nitrogen and oxygen atoms in total. The summed E-state index contributed by atoms with van der Waals surface area (Å²) in [5.41, 5.74) is 1.87. The Bertz CT molecular complexity index is 970. The zero-order valence-corrected chi connectivity index (χ0v) is 14.5. The topological polar surface area (TPSA) is 96.0 Å². The van der Waals surface area contributed by atoms with Crippen LogP contribution in [0.5, 0.6) is 11.6 Å². The largest absolute Gasteiger partial charge is 0.434 e. The molecule has 0 N–H and O–H groups in total. The van der Waals surface area contributed by atoms with E-state index in [9.17, 15) is 10.1 Å². The molecule has 0 bridgehead atoms. The minimum Gasteiger partial charge on any atom is -0.434 e. The van der Waals surface area contributed by atoms with Gasteiger partial charge in [0.1, 0.15) is 12.1 Å². The summed E-state index contributed by atoms with van der Waals surface area (Å²) in [4.78, 5) is 19.0. The second-order valence-electron chi connectivity index (χ2n) is 5.46. The molecule has 0 aliphatic carbocycles. The van der Waals surface area contributed by atoms with Gasteiger partial charge in [0.15, 0.2) is 0 Å². The molecule has 0 aliphatic rings. The average Bonchev–Trinajstić information content (AvgIpc) is 2.89. The zero-order valence-electron chi connectivity index (χ0n) is 13.7. The molecular formula is C16H14ClN5O3. The van der Waals surface area contributed by atoms with Gasteiger partial charge >= 0.3 is 11.6 Å². The Hall–Kier alpha value is -3.00. The molecule has 2 aromatic heterocycles. The first-order valence-corrected chi connectivity index (χ1v) is 7.71. The lowest BCUT2D eigenvalue weighted by molar-refractivity contribution is -0.386. The lowest BCUT2D eigenvalue weighted by Gasteiger charge is -2.09. The first kappa shape index (κ1) is 16.8. The van der Waals surface area contributed by atoms with Gasteiger partial charge in [0, 0.05) is 10.7 Å². The van der Waals surface area contributed by atoms with Gasteiger partial charge in [-0.25, -0.2) is 9.67 Å². The molecule has 0 atom stereocenters. The molecule has 0 amide bonds. The van der Waals surface area contributed by atoms with Crippen molar-refractivity contribution in [3.63, 3.8) is 0 Å². The first-order chi connectivity index (χ1) is 11.9. The fourth-order valence-corrected chi connectivity index (χ4v) is 2.50. The molecule has 0 fully saturated rings. The highest BCUT2D eigenvalue weighted by atomic mass is 35.5. The Balaban J connectivity index is 2.11. The molecule has 128 valence electrons. The van der Waals surface area contributed by atoms with Gasteiger partial charge in [0.25, 0.3) is 0 Å². The fraction of sp³-hybridized carbons (Fsp3) is 0.188. The number of rotatable bonds is 4. The Morgan fingerprint density at radius 2 is 1.96 bits per heavy atom. The predicted molar refractivity (Wildman–Crippen MR) is 91.5 cm³/mol. The van der Waals surface area contributed by atoms with Gasteiger partial charge in [-0.3, -0.25) is 10.1 Å². The molecule has 3 aromatic rings. The van der Waals surface area contributed by atoms with Crippen molar-refractivity contribution in [3.05, 3.63) is 62.7 Å². The molecule has 0 aliphatic heterocycles. The summed E-state index contributed by atoms with van der Waals surface area (Å²) in [6.45, 7) is 5.39. The number of nitro groups is 1. The normalized spacial score (nSPS) is 10.7. The third kappa shape index (κ3) is 3.29. The molecule has 25 heavy (non-hydrogen) atoms. The number of hydrogen-bond donors (Lipinski definition) is 0. The summed E-state index contributed by atoms with van der Waals surface area (Å²) in [6, 6.07) is 6.75. The SMILES string of the molecule is Cc1cc(C)n(-c2ncnc(Oc3ccc(Cl)c(C)c3)c2[N+](=O)[O-])n1. The van der Waals surface area contributed by atoms with Crippen molar-refractivity contribution in [2.24, 2.45) is 0 Å². The van der Waals surface area contributed by atoms with Crippen molar-refractivity contribution in [2.45, 2.75) is 20.8 Å². The highest BCUT2D eigenvalue weighted by Gasteiger charge is 2.27. The van der Waals surface area contributed by atoms with Crippen LogP contribution in [0, 0.1) is 30.9 Å². The van der Waals surface area contributed by atoms with E-state index in [2.05, 4.69) is 15.1 Å². The van der Waals surface area contributed by atoms with Crippen LogP contribution in [0.2, 0.25) is 5.02 Å². The maximum Gasteiger partial charge on any atom is 0.375 e. The van der Waals surface area contributed by atoms with Crippen molar-refractivity contribution in [1.82, 2.24) is 19.7 Å². The van der Waals surface area contributed by atoms with Crippen LogP contribution in [-0.2, 0) is 0 Å². The molecule has 0 saturated carbocycles. The van der Waals surface area contributed by atoms with Gasteiger partial charge in [-0.05, 0) is 50.6 Å². The van der Waals surface area contributed by atoms with Crippen LogP contribution in [0.15, 0.2) is 30.6 Å². The lowest BCUT2D eigenvalue weighted by Crippen LogP contribution is -2.08. The van der Waals surface area contributed by atoms with Gasteiger partial charge in [-0.15, -0.1) is 0 Å². The van der Waals surface area contributed by atoms with E-state index in [0.29, 0.717) is 16.5 Å². The lowest BCUT2D eigenvalue weighted by atomic mass is 10.2. The molecule has 9 heteroatoms. The van der Waals surface area contributed by atoms with Crippen LogP contribution >= 0.6 is 11.6 Å². The molecule has 2 heterocycles. The van der Waals surface area contributed by atoms with Crippen LogP contribution in [0.4, 0.5) is 5.69 Å². The number of nitrogens with zero attached hydrogens (tertiary/aromatic N) is 5. The number of halogens is 1. The van der Waals surface area contributed by atoms with E-state index in [4.69, 9.17) is 16.3 Å². The van der Waals surface area contributed by atoms with Crippen LogP contribution < -0.4 is 4.74 Å². The number of hydrogen-bond acceptors (Lipinski definition) is 6. The summed E-state index contributed by atoms with van der Waals surface area (Å²) in [5, 5.41) is 16.5. The molecule has 0 spiro atoms. The number of benzene rings is 1. The first-order valence-electron chi connectivity index (χ1n) is 7.34. The number of ether oxygens (including phenoxy) is 1. The Morgan fingerprint density at radius 1 is 1.20 bits per heavy atom. The second kappa shape index (κ2) is 6.48. The average molecular weight is 360 g/mol. The number of aryl methyl sites for hydroxylation is 3. The van der Waals surface area contributed by atoms with Crippen LogP contribution in [0.25, 0.3) is 5.82 Å². The fourth-order valence-electron chi connectivity index (χ4n) is 2.38. The van der Waals surface area contributed by atoms with Gasteiger partial charge in [-0.2, -0.15) is 10.1 Å². The van der Waals surface area contributed by atoms with E-state index in [0.717, 1.165) is 11.3 Å². The van der Waals surface area contributed by atoms with E-state index in [1.807, 2.05) is 6.92 Å². The highest BCUT2D eigenvalue weighted by Crippen LogP contribution is 2.34. The van der Waals surface area contributed by atoms with Crippen LogP contribution in [-0.4, -0.2) is 24.7 Å². The van der Waals surface area contributed by atoms with Gasteiger partial charge in [0.2, 0.25) is 5.82 Å². The van der Waals surface area contributed by atoms with Crippen molar-refractivity contribution >= 4 is 17.3 Å². The molecule has 0 unspecified atom stereocenters. The molecule has 3 rings (SSSR count). The zero-order chi connectivity index (χ0) is 18.1. The Kier molecular flexibility index (Phi) is 4.37. The summed E-state index contributed by atoms with van der Waals surface area (Å²) in [5.74, 6) is 0.276. The van der Waals surface area contributed by atoms with Crippen LogP contribution in [0.3, 0.4) is 0 Å². The summed E-state index contributed by atoms with van der Waals surface area (Å²) >= 11 is 5.99. The van der Waals surface area contributed by atoms with Crippen molar-refractivity contribution in [3.8, 4) is 17.4 Å². The van der Waals surface area contributed by atoms with Gasteiger partial charge < -0.3 is 4.74 Å². The molecule has 0 radical (unpaired) electrons. The smallest absolute Gasteiger partial charge is 0.375 e. The summed E-state index contributed by atoms with van der Waals surface area (Å²) in [6.07, 6.45) is 1.21. The van der Waals surface area contributed by atoms with Crippen molar-refractivity contribution < 1.29 is 9.66 Å². The van der Waals surface area contributed by atoms with Gasteiger partial charge in [0.05, 0.1) is 10.6 Å². The monoisotopic (exact) mass is 359 g/mol. The van der Waals surface area contributed by atoms with E-state index < -0.39 is 4.92 Å². The third-order valence-corrected chi connectivity index (χ3v) is 3.93. The van der Waals surface area contributed by atoms with E-state index in [1.165, 1.54) is 11.0 Å². The number of aromatic nitrogens is 4. The molecule has 1 aromatic carbocycles. The maximum atomic E-state index is 11.6. The second-order valence-corrected chi connectivity index (χ2v) is 5.87. The summed E-state index contributed by atoms with van der Waals surface area (Å²) < 4.78 is 7.02. The standard InChI is InChI=1S/C16H14ClN5O3/c1-9-6-12(4-5-13(9)17)25-16-14(22(23)24)15(18-8-19-16)21-11(3)7-10(2)20-21/h4-8H,1-3H3. The third-order valence-electron chi connectivity index (χ3n) is 3.51. The summed E-state index contributed by atoms with van der Waals surface area (Å²) in [7, 11) is 0. The van der Waals surface area contributed by atoms with Crippen molar-refractivity contribution in [2.75, 3.05) is 0 Å². The molecular weight excluding hydrogens is 346 g/mol. The van der Waals surface area contributed by atoms with E-state index in [1.54, 1.807) is 38.1 Å². The van der Waals surface area contributed by atoms with Gasteiger partial charge in [-0.1, -0.05) is 11.6 Å². The quantitative estimate of drug-likeness (QED) is 0.517. The highest BCUT2D eigenvalue weighted by molar-refractivity contribution is 6.31. The predicted octanol–water partition coefficient (Wildman–Crippen LogP) is 3.94. The molecule has 0 saturated heterocycles.